The van der Waals surface area contributed by atoms with Crippen molar-refractivity contribution in [1.82, 2.24) is 4.31 Å². The summed E-state index contributed by atoms with van der Waals surface area (Å²) < 4.78 is 27.4. The third-order valence-electron chi connectivity index (χ3n) is 4.26. The molecule has 2 unspecified atom stereocenters. The minimum atomic E-state index is -3.78. The monoisotopic (exact) mass is 391 g/mol. The van der Waals surface area contributed by atoms with E-state index in [0.717, 1.165) is 5.56 Å². The van der Waals surface area contributed by atoms with Gasteiger partial charge in [-0.25, -0.2) is 8.42 Å². The summed E-state index contributed by atoms with van der Waals surface area (Å²) in [6, 6.07) is 15.2. The van der Waals surface area contributed by atoms with Crippen LogP contribution in [0.3, 0.4) is 0 Å². The molecule has 0 bridgehead atoms. The average molecular weight is 392 g/mol. The predicted molar refractivity (Wildman–Crippen MR) is 109 cm³/mol. The molecule has 2 aromatic carbocycles. The van der Waals surface area contributed by atoms with Gasteiger partial charge in [0.15, 0.2) is 0 Å². The molecule has 0 spiro atoms. The van der Waals surface area contributed by atoms with Gasteiger partial charge in [0.1, 0.15) is 0 Å². The molecular formula is C20H29N3O3S. The maximum atomic E-state index is 13.1. The fraction of sp³-hybridized carbons (Fsp3) is 0.400. The molecule has 2 rings (SSSR count). The van der Waals surface area contributed by atoms with Crippen molar-refractivity contribution in [3.63, 3.8) is 0 Å². The van der Waals surface area contributed by atoms with Crippen molar-refractivity contribution in [1.29, 1.82) is 0 Å². The smallest absolute Gasteiger partial charge is 0.243 e. The Morgan fingerprint density at radius 1 is 1.04 bits per heavy atom. The van der Waals surface area contributed by atoms with E-state index in [1.807, 2.05) is 44.2 Å². The summed E-state index contributed by atoms with van der Waals surface area (Å²) in [5, 5.41) is 10.6. The van der Waals surface area contributed by atoms with Gasteiger partial charge in [0.2, 0.25) is 10.0 Å². The van der Waals surface area contributed by atoms with Gasteiger partial charge in [-0.15, -0.1) is 0 Å². The molecular weight excluding hydrogens is 362 g/mol. The SMILES string of the molecule is CC(C)CN(CC(O)C(N)Cc1ccccc1)S(=O)(=O)c1cccc(N)c1. The lowest BCUT2D eigenvalue weighted by molar-refractivity contribution is 0.116. The number of nitrogen functional groups attached to an aromatic ring is 1. The highest BCUT2D eigenvalue weighted by Crippen LogP contribution is 2.20. The Hall–Kier alpha value is -1.93. The van der Waals surface area contributed by atoms with Crippen LogP contribution in [0.5, 0.6) is 0 Å². The van der Waals surface area contributed by atoms with Crippen LogP contribution in [0, 0.1) is 5.92 Å². The topological polar surface area (TPSA) is 110 Å². The van der Waals surface area contributed by atoms with E-state index >= 15 is 0 Å². The molecule has 0 aliphatic carbocycles. The molecule has 27 heavy (non-hydrogen) atoms. The summed E-state index contributed by atoms with van der Waals surface area (Å²) in [7, 11) is -3.78. The minimum Gasteiger partial charge on any atom is -0.399 e. The van der Waals surface area contributed by atoms with Gasteiger partial charge in [-0.05, 0) is 36.1 Å². The van der Waals surface area contributed by atoms with E-state index < -0.39 is 22.2 Å². The molecule has 2 aromatic rings. The molecule has 0 fully saturated rings. The summed E-state index contributed by atoms with van der Waals surface area (Å²) in [5.74, 6) is 0.0957. The first-order valence-corrected chi connectivity index (χ1v) is 10.5. The van der Waals surface area contributed by atoms with Gasteiger partial charge in [-0.3, -0.25) is 0 Å². The Morgan fingerprint density at radius 2 is 1.70 bits per heavy atom. The highest BCUT2D eigenvalue weighted by atomic mass is 32.2. The normalized spacial score (nSPS) is 14.4. The average Bonchev–Trinajstić information content (AvgIpc) is 2.61. The maximum absolute atomic E-state index is 13.1. The van der Waals surface area contributed by atoms with E-state index in [1.165, 1.54) is 16.4 Å². The molecule has 2 atom stereocenters. The molecule has 0 aliphatic heterocycles. The summed E-state index contributed by atoms with van der Waals surface area (Å²) in [4.78, 5) is 0.118. The van der Waals surface area contributed by atoms with E-state index in [-0.39, 0.29) is 23.9 Å². The third kappa shape index (κ3) is 6.04. The summed E-state index contributed by atoms with van der Waals surface area (Å²) in [5.41, 5.74) is 13.3. The van der Waals surface area contributed by atoms with E-state index in [4.69, 9.17) is 11.5 Å². The fourth-order valence-electron chi connectivity index (χ4n) is 2.87. The first kappa shape index (κ1) is 21.4. The van der Waals surface area contributed by atoms with Crippen LogP contribution in [0.15, 0.2) is 59.5 Å². The molecule has 7 heteroatoms. The lowest BCUT2D eigenvalue weighted by Crippen LogP contribution is -2.47. The molecule has 0 heterocycles. The molecule has 0 saturated heterocycles. The second kappa shape index (κ2) is 9.32. The molecule has 0 amide bonds. The second-order valence-corrected chi connectivity index (χ2v) is 9.15. The van der Waals surface area contributed by atoms with Crippen LogP contribution in [-0.4, -0.2) is 43.1 Å². The van der Waals surface area contributed by atoms with Gasteiger partial charge in [-0.1, -0.05) is 50.2 Å². The van der Waals surface area contributed by atoms with Crippen LogP contribution >= 0.6 is 0 Å². The Labute approximate surface area is 161 Å². The zero-order valence-corrected chi connectivity index (χ0v) is 16.6. The molecule has 0 aliphatic rings. The number of hydrogen-bond donors (Lipinski definition) is 3. The number of nitrogens with zero attached hydrogens (tertiary/aromatic N) is 1. The number of sulfonamides is 1. The van der Waals surface area contributed by atoms with Gasteiger partial charge in [-0.2, -0.15) is 4.31 Å². The lowest BCUT2D eigenvalue weighted by Gasteiger charge is -2.28. The first-order valence-electron chi connectivity index (χ1n) is 9.03. The maximum Gasteiger partial charge on any atom is 0.243 e. The minimum absolute atomic E-state index is 0.0662. The standard InChI is InChI=1S/C20H29N3O3S/c1-15(2)13-23(27(25,26)18-10-6-9-17(21)12-18)14-20(24)19(22)11-16-7-4-3-5-8-16/h3-10,12,15,19-20,24H,11,13-14,21-22H2,1-2H3. The van der Waals surface area contributed by atoms with E-state index in [2.05, 4.69) is 0 Å². The van der Waals surface area contributed by atoms with Crippen LogP contribution in [0.2, 0.25) is 0 Å². The van der Waals surface area contributed by atoms with Gasteiger partial charge < -0.3 is 16.6 Å². The summed E-state index contributed by atoms with van der Waals surface area (Å²) in [6.45, 7) is 4.08. The fourth-order valence-corrected chi connectivity index (χ4v) is 4.55. The quantitative estimate of drug-likeness (QED) is 0.565. The van der Waals surface area contributed by atoms with Crippen molar-refractivity contribution in [3.8, 4) is 0 Å². The summed E-state index contributed by atoms with van der Waals surface area (Å²) >= 11 is 0. The Bertz CT molecular complexity index is 825. The number of nitrogens with two attached hydrogens (primary N) is 2. The van der Waals surface area contributed by atoms with E-state index in [0.29, 0.717) is 12.1 Å². The number of aliphatic hydroxyl groups is 1. The van der Waals surface area contributed by atoms with Crippen molar-refractivity contribution >= 4 is 15.7 Å². The summed E-state index contributed by atoms with van der Waals surface area (Å²) in [6.07, 6.45) is -0.518. The molecule has 5 N–H and O–H groups in total. The Morgan fingerprint density at radius 3 is 2.30 bits per heavy atom. The third-order valence-corrected chi connectivity index (χ3v) is 6.09. The van der Waals surface area contributed by atoms with Crippen molar-refractivity contribution in [3.05, 3.63) is 60.2 Å². The zero-order valence-electron chi connectivity index (χ0n) is 15.8. The molecule has 0 aromatic heterocycles. The van der Waals surface area contributed by atoms with Crippen molar-refractivity contribution < 1.29 is 13.5 Å². The Balaban J connectivity index is 2.18. The van der Waals surface area contributed by atoms with Crippen LogP contribution < -0.4 is 11.5 Å². The molecule has 148 valence electrons. The second-order valence-electron chi connectivity index (χ2n) is 7.21. The number of benzene rings is 2. The highest BCUT2D eigenvalue weighted by molar-refractivity contribution is 7.89. The van der Waals surface area contributed by atoms with Crippen LogP contribution in [0.1, 0.15) is 19.4 Å². The largest absolute Gasteiger partial charge is 0.399 e. The van der Waals surface area contributed by atoms with Crippen molar-refractivity contribution in [2.45, 2.75) is 37.3 Å². The van der Waals surface area contributed by atoms with Crippen molar-refractivity contribution in [2.75, 3.05) is 18.8 Å². The van der Waals surface area contributed by atoms with E-state index in [9.17, 15) is 13.5 Å². The molecule has 0 saturated carbocycles. The van der Waals surface area contributed by atoms with Crippen molar-refractivity contribution in [2.24, 2.45) is 11.7 Å². The number of aliphatic hydroxyl groups excluding tert-OH is 1. The number of hydrogen-bond acceptors (Lipinski definition) is 5. The van der Waals surface area contributed by atoms with Crippen LogP contribution in [0.25, 0.3) is 0 Å². The van der Waals surface area contributed by atoms with Gasteiger partial charge in [0.25, 0.3) is 0 Å². The predicted octanol–water partition coefficient (Wildman–Crippen LogP) is 1.85. The van der Waals surface area contributed by atoms with Gasteiger partial charge >= 0.3 is 0 Å². The number of anilines is 1. The molecule has 0 radical (unpaired) electrons. The van der Waals surface area contributed by atoms with Crippen LogP contribution in [0.4, 0.5) is 5.69 Å². The first-order chi connectivity index (χ1) is 12.7. The zero-order chi connectivity index (χ0) is 20.0. The van der Waals surface area contributed by atoms with Gasteiger partial charge in [0.05, 0.1) is 11.0 Å². The Kier molecular flexibility index (Phi) is 7.38. The van der Waals surface area contributed by atoms with Gasteiger partial charge in [0, 0.05) is 24.8 Å². The van der Waals surface area contributed by atoms with E-state index in [1.54, 1.807) is 12.1 Å². The molecule has 6 nitrogen and oxygen atoms in total. The lowest BCUT2D eigenvalue weighted by atomic mass is 10.0. The number of rotatable bonds is 9. The highest BCUT2D eigenvalue weighted by Gasteiger charge is 2.29. The van der Waals surface area contributed by atoms with Crippen LogP contribution in [-0.2, 0) is 16.4 Å².